The standard InChI is InChI=1S/C12H11F3O2/c1-7(2)10-6-16-11-4-3-8(5-9(10)11)17-12(13,14)15/h3-7H,1-2H3. The minimum atomic E-state index is -4.67. The fourth-order valence-corrected chi connectivity index (χ4v) is 1.67. The summed E-state index contributed by atoms with van der Waals surface area (Å²) in [5.74, 6) is -0.0503. The van der Waals surface area contributed by atoms with Crippen molar-refractivity contribution in [2.24, 2.45) is 0 Å². The van der Waals surface area contributed by atoms with Crippen molar-refractivity contribution < 1.29 is 22.3 Å². The van der Waals surface area contributed by atoms with Gasteiger partial charge < -0.3 is 9.15 Å². The molecule has 0 bridgehead atoms. The highest BCUT2D eigenvalue weighted by molar-refractivity contribution is 5.83. The first kappa shape index (κ1) is 11.8. The highest BCUT2D eigenvalue weighted by atomic mass is 19.4. The highest BCUT2D eigenvalue weighted by Crippen LogP contribution is 2.32. The highest BCUT2D eigenvalue weighted by Gasteiger charge is 2.31. The van der Waals surface area contributed by atoms with Crippen molar-refractivity contribution in [3.63, 3.8) is 0 Å². The summed E-state index contributed by atoms with van der Waals surface area (Å²) in [5.41, 5.74) is 1.43. The monoisotopic (exact) mass is 244 g/mol. The Morgan fingerprint density at radius 2 is 1.94 bits per heavy atom. The van der Waals surface area contributed by atoms with Crippen molar-refractivity contribution in [3.8, 4) is 5.75 Å². The summed E-state index contributed by atoms with van der Waals surface area (Å²) in [6.45, 7) is 3.89. The van der Waals surface area contributed by atoms with E-state index < -0.39 is 6.36 Å². The van der Waals surface area contributed by atoms with Crippen molar-refractivity contribution in [1.29, 1.82) is 0 Å². The van der Waals surface area contributed by atoms with Gasteiger partial charge in [0.05, 0.1) is 6.26 Å². The summed E-state index contributed by atoms with van der Waals surface area (Å²) in [5, 5.41) is 0.654. The van der Waals surface area contributed by atoms with Crippen molar-refractivity contribution in [1.82, 2.24) is 0 Å². The summed E-state index contributed by atoms with van der Waals surface area (Å²) in [4.78, 5) is 0. The van der Waals surface area contributed by atoms with Crippen LogP contribution in [0.15, 0.2) is 28.9 Å². The van der Waals surface area contributed by atoms with Gasteiger partial charge in [-0.3, -0.25) is 0 Å². The van der Waals surface area contributed by atoms with E-state index >= 15 is 0 Å². The Bertz CT molecular complexity index is 526. The fraction of sp³-hybridized carbons (Fsp3) is 0.333. The molecule has 2 nitrogen and oxygen atoms in total. The van der Waals surface area contributed by atoms with Crippen LogP contribution < -0.4 is 4.74 Å². The number of benzene rings is 1. The predicted octanol–water partition coefficient (Wildman–Crippen LogP) is 4.45. The third-order valence-electron chi connectivity index (χ3n) is 2.43. The average molecular weight is 244 g/mol. The van der Waals surface area contributed by atoms with Gasteiger partial charge in [0.15, 0.2) is 0 Å². The molecule has 0 saturated heterocycles. The molecule has 2 aromatic rings. The van der Waals surface area contributed by atoms with Crippen LogP contribution in [0.5, 0.6) is 5.75 Å². The van der Waals surface area contributed by atoms with E-state index in [2.05, 4.69) is 4.74 Å². The Morgan fingerprint density at radius 1 is 1.24 bits per heavy atom. The van der Waals surface area contributed by atoms with Crippen LogP contribution in [-0.2, 0) is 0 Å². The molecule has 0 radical (unpaired) electrons. The minimum Gasteiger partial charge on any atom is -0.464 e. The second kappa shape index (κ2) is 3.98. The van der Waals surface area contributed by atoms with E-state index in [0.717, 1.165) is 5.56 Å². The normalized spacial score (nSPS) is 12.4. The average Bonchev–Trinajstić information content (AvgIpc) is 2.57. The summed E-state index contributed by atoms with van der Waals surface area (Å²) >= 11 is 0. The molecule has 2 rings (SSSR count). The first-order chi connectivity index (χ1) is 7.87. The van der Waals surface area contributed by atoms with Gasteiger partial charge in [0.1, 0.15) is 11.3 Å². The van der Waals surface area contributed by atoms with Crippen LogP contribution in [0.2, 0.25) is 0 Å². The van der Waals surface area contributed by atoms with Crippen molar-refractivity contribution in [2.75, 3.05) is 0 Å². The van der Waals surface area contributed by atoms with Crippen molar-refractivity contribution >= 4 is 11.0 Å². The van der Waals surface area contributed by atoms with Crippen LogP contribution in [-0.4, -0.2) is 6.36 Å². The number of furan rings is 1. The van der Waals surface area contributed by atoms with E-state index in [1.807, 2.05) is 13.8 Å². The van der Waals surface area contributed by atoms with Crippen LogP contribution in [0.3, 0.4) is 0 Å². The lowest BCUT2D eigenvalue weighted by Crippen LogP contribution is -2.16. The maximum absolute atomic E-state index is 12.1. The zero-order valence-electron chi connectivity index (χ0n) is 9.34. The Morgan fingerprint density at radius 3 is 2.53 bits per heavy atom. The quantitative estimate of drug-likeness (QED) is 0.778. The number of ether oxygens (including phenoxy) is 1. The lowest BCUT2D eigenvalue weighted by molar-refractivity contribution is -0.274. The molecule has 0 unspecified atom stereocenters. The number of hydrogen-bond donors (Lipinski definition) is 0. The molecule has 5 heteroatoms. The van der Waals surface area contributed by atoms with E-state index in [1.54, 1.807) is 6.26 Å². The topological polar surface area (TPSA) is 22.4 Å². The molecule has 0 atom stereocenters. The first-order valence-corrected chi connectivity index (χ1v) is 5.14. The molecule has 17 heavy (non-hydrogen) atoms. The maximum atomic E-state index is 12.1. The SMILES string of the molecule is CC(C)c1coc2ccc(OC(F)(F)F)cc12. The molecule has 0 N–H and O–H groups in total. The van der Waals surface area contributed by atoms with Crippen LogP contribution in [0.25, 0.3) is 11.0 Å². The molecule has 0 saturated carbocycles. The Balaban J connectivity index is 2.44. The Kier molecular flexibility index (Phi) is 2.77. The molecular formula is C12H11F3O2. The zero-order valence-corrected chi connectivity index (χ0v) is 9.34. The molecule has 1 aromatic heterocycles. The van der Waals surface area contributed by atoms with Gasteiger partial charge in [0.25, 0.3) is 0 Å². The van der Waals surface area contributed by atoms with Crippen molar-refractivity contribution in [3.05, 3.63) is 30.0 Å². The predicted molar refractivity (Wildman–Crippen MR) is 57.0 cm³/mol. The van der Waals surface area contributed by atoms with E-state index in [4.69, 9.17) is 4.42 Å². The fourth-order valence-electron chi connectivity index (χ4n) is 1.67. The van der Waals surface area contributed by atoms with Gasteiger partial charge in [-0.2, -0.15) is 0 Å². The van der Waals surface area contributed by atoms with Crippen LogP contribution in [0, 0.1) is 0 Å². The first-order valence-electron chi connectivity index (χ1n) is 5.14. The third-order valence-corrected chi connectivity index (χ3v) is 2.43. The van der Waals surface area contributed by atoms with Crippen LogP contribution in [0.1, 0.15) is 25.3 Å². The van der Waals surface area contributed by atoms with Gasteiger partial charge in [-0.1, -0.05) is 13.8 Å². The number of halogens is 3. The lowest BCUT2D eigenvalue weighted by atomic mass is 10.0. The molecule has 1 heterocycles. The molecule has 0 aliphatic carbocycles. The van der Waals surface area contributed by atoms with Gasteiger partial charge in [0.2, 0.25) is 0 Å². The number of hydrogen-bond acceptors (Lipinski definition) is 2. The Labute approximate surface area is 96.0 Å². The lowest BCUT2D eigenvalue weighted by Gasteiger charge is -2.09. The number of alkyl halides is 3. The smallest absolute Gasteiger partial charge is 0.464 e. The summed E-state index contributed by atoms with van der Waals surface area (Å²) in [6, 6.07) is 4.06. The maximum Gasteiger partial charge on any atom is 0.573 e. The molecule has 1 aromatic carbocycles. The molecular weight excluding hydrogens is 233 g/mol. The van der Waals surface area contributed by atoms with E-state index in [9.17, 15) is 13.2 Å². The largest absolute Gasteiger partial charge is 0.573 e. The second-order valence-corrected chi connectivity index (χ2v) is 4.05. The molecule has 0 aliphatic rings. The minimum absolute atomic E-state index is 0.178. The summed E-state index contributed by atoms with van der Waals surface area (Å²) in [6.07, 6.45) is -3.11. The van der Waals surface area contributed by atoms with Crippen LogP contribution >= 0.6 is 0 Å². The number of rotatable bonds is 2. The molecule has 0 spiro atoms. The summed E-state index contributed by atoms with van der Waals surface area (Å²) < 4.78 is 45.4. The second-order valence-electron chi connectivity index (χ2n) is 4.05. The van der Waals surface area contributed by atoms with Gasteiger partial charge in [-0.25, -0.2) is 0 Å². The van der Waals surface area contributed by atoms with E-state index in [1.165, 1.54) is 18.2 Å². The van der Waals surface area contributed by atoms with Gasteiger partial charge in [-0.15, -0.1) is 13.2 Å². The summed E-state index contributed by atoms with van der Waals surface area (Å²) in [7, 11) is 0. The van der Waals surface area contributed by atoms with E-state index in [0.29, 0.717) is 11.0 Å². The molecule has 92 valence electrons. The zero-order chi connectivity index (χ0) is 12.6. The van der Waals surface area contributed by atoms with E-state index in [-0.39, 0.29) is 11.7 Å². The van der Waals surface area contributed by atoms with Crippen molar-refractivity contribution in [2.45, 2.75) is 26.1 Å². The van der Waals surface area contributed by atoms with Crippen LogP contribution in [0.4, 0.5) is 13.2 Å². The molecule has 0 fully saturated rings. The molecule has 0 aliphatic heterocycles. The van der Waals surface area contributed by atoms with Gasteiger partial charge in [0, 0.05) is 10.9 Å². The van der Waals surface area contributed by atoms with Gasteiger partial charge >= 0.3 is 6.36 Å². The van der Waals surface area contributed by atoms with Gasteiger partial charge in [-0.05, 0) is 24.1 Å². The number of fused-ring (bicyclic) bond motifs is 1. The third kappa shape index (κ3) is 2.54. The Hall–Kier alpha value is -1.65. The molecule has 0 amide bonds.